The van der Waals surface area contributed by atoms with Crippen LogP contribution in [0.15, 0.2) is 109 Å². The highest BCUT2D eigenvalue weighted by Gasteiger charge is 2.30. The first-order valence-corrected chi connectivity index (χ1v) is 14.1. The molecule has 0 unspecified atom stereocenters. The van der Waals surface area contributed by atoms with Crippen molar-refractivity contribution in [1.82, 2.24) is 15.0 Å². The molecule has 6 aromatic rings. The van der Waals surface area contributed by atoms with Gasteiger partial charge in [0, 0.05) is 16.7 Å². The van der Waals surface area contributed by atoms with Gasteiger partial charge in [-0.2, -0.15) is 0 Å². The van der Waals surface area contributed by atoms with Crippen LogP contribution >= 0.6 is 0 Å². The van der Waals surface area contributed by atoms with Crippen molar-refractivity contribution in [3.8, 4) is 45.7 Å². The molecule has 0 amide bonds. The van der Waals surface area contributed by atoms with Crippen molar-refractivity contribution in [2.24, 2.45) is 0 Å². The normalized spacial score (nSPS) is 12.0. The zero-order valence-corrected chi connectivity index (χ0v) is 24.1. The minimum Gasteiger partial charge on any atom is -0.453 e. The summed E-state index contributed by atoms with van der Waals surface area (Å²) in [7, 11) is 0. The van der Waals surface area contributed by atoms with Crippen molar-refractivity contribution in [3.05, 3.63) is 131 Å². The second-order valence-electron chi connectivity index (χ2n) is 10.6. The maximum Gasteiger partial charge on any atom is 0.164 e. The van der Waals surface area contributed by atoms with Crippen molar-refractivity contribution < 1.29 is 4.74 Å². The van der Waals surface area contributed by atoms with Gasteiger partial charge in [0.25, 0.3) is 0 Å². The Morgan fingerprint density at radius 2 is 0.857 bits per heavy atom. The Bertz CT molecular complexity index is 1820. The van der Waals surface area contributed by atoms with Gasteiger partial charge in [0.05, 0.1) is 17.1 Å². The van der Waals surface area contributed by atoms with Crippen LogP contribution in [-0.2, 0) is 0 Å². The summed E-state index contributed by atoms with van der Waals surface area (Å²) in [5, 5.41) is 0. The lowest BCUT2D eigenvalue weighted by molar-refractivity contribution is 0.477. The predicted molar refractivity (Wildman–Crippen MR) is 170 cm³/mol. The Hall–Kier alpha value is -5.29. The lowest BCUT2D eigenvalue weighted by Crippen LogP contribution is -2.19. The summed E-state index contributed by atoms with van der Waals surface area (Å²) in [5.41, 5.74) is 10.8. The molecule has 1 aliphatic heterocycles. The molecule has 0 bridgehead atoms. The molecule has 0 aliphatic carbocycles. The molecule has 5 nitrogen and oxygen atoms in total. The summed E-state index contributed by atoms with van der Waals surface area (Å²) < 4.78 is 6.30. The predicted octanol–water partition coefficient (Wildman–Crippen LogP) is 9.68. The monoisotopic (exact) mass is 546 g/mol. The van der Waals surface area contributed by atoms with Crippen LogP contribution in [0.2, 0.25) is 0 Å². The third-order valence-electron chi connectivity index (χ3n) is 8.16. The van der Waals surface area contributed by atoms with Gasteiger partial charge in [-0.25, -0.2) is 15.0 Å². The van der Waals surface area contributed by atoms with Crippen molar-refractivity contribution in [1.29, 1.82) is 0 Å². The summed E-state index contributed by atoms with van der Waals surface area (Å²) in [4.78, 5) is 17.4. The second kappa shape index (κ2) is 10.3. The van der Waals surface area contributed by atoms with Gasteiger partial charge in [-0.15, -0.1) is 0 Å². The van der Waals surface area contributed by atoms with E-state index < -0.39 is 0 Å². The fraction of sp³-hybridized carbons (Fsp3) is 0.108. The number of fused-ring (bicyclic) bond motifs is 2. The zero-order chi connectivity index (χ0) is 28.8. The van der Waals surface area contributed by atoms with E-state index in [1.54, 1.807) is 0 Å². The number of hydrogen-bond acceptors (Lipinski definition) is 5. The van der Waals surface area contributed by atoms with Crippen LogP contribution in [0.25, 0.3) is 34.2 Å². The van der Waals surface area contributed by atoms with Crippen LogP contribution in [0.4, 0.5) is 17.1 Å². The minimum atomic E-state index is 0.661. The molecule has 2 heterocycles. The molecule has 0 atom stereocenters. The van der Waals surface area contributed by atoms with E-state index in [0.717, 1.165) is 56.4 Å². The summed E-state index contributed by atoms with van der Waals surface area (Å²) in [6, 6.07) is 36.7. The molecular weight excluding hydrogens is 516 g/mol. The molecule has 42 heavy (non-hydrogen) atoms. The SMILES string of the molecule is Cc1c(C)c(N2c3ccccc3Oc3ccccc32)c(C)c(C)c1-c1nc(-c2ccccc2)nc(-c2ccccc2)n1. The lowest BCUT2D eigenvalue weighted by Gasteiger charge is -2.36. The first-order valence-electron chi connectivity index (χ1n) is 14.1. The van der Waals surface area contributed by atoms with E-state index in [4.69, 9.17) is 19.7 Å². The average molecular weight is 547 g/mol. The number of para-hydroxylation sites is 4. The fourth-order valence-corrected chi connectivity index (χ4v) is 5.83. The smallest absolute Gasteiger partial charge is 0.164 e. The van der Waals surface area contributed by atoms with Gasteiger partial charge in [-0.1, -0.05) is 84.9 Å². The molecule has 0 N–H and O–H groups in total. The molecule has 5 heteroatoms. The van der Waals surface area contributed by atoms with Gasteiger partial charge in [0.1, 0.15) is 0 Å². The molecule has 0 radical (unpaired) electrons. The average Bonchev–Trinajstić information content (AvgIpc) is 3.04. The molecular formula is C37H30N4O. The minimum absolute atomic E-state index is 0.661. The van der Waals surface area contributed by atoms with E-state index in [9.17, 15) is 0 Å². The Morgan fingerprint density at radius 1 is 0.452 bits per heavy atom. The van der Waals surface area contributed by atoms with E-state index in [0.29, 0.717) is 17.5 Å². The Morgan fingerprint density at radius 3 is 1.33 bits per heavy atom. The lowest BCUT2D eigenvalue weighted by atomic mass is 9.90. The molecule has 1 aliphatic rings. The molecule has 0 saturated carbocycles. The van der Waals surface area contributed by atoms with Crippen molar-refractivity contribution in [3.63, 3.8) is 0 Å². The van der Waals surface area contributed by atoms with E-state index in [2.05, 4.69) is 56.9 Å². The first kappa shape index (κ1) is 25.7. The Kier molecular flexibility index (Phi) is 6.28. The van der Waals surface area contributed by atoms with Crippen LogP contribution in [0.5, 0.6) is 11.5 Å². The van der Waals surface area contributed by atoms with Crippen LogP contribution < -0.4 is 9.64 Å². The van der Waals surface area contributed by atoms with Gasteiger partial charge in [-0.3, -0.25) is 0 Å². The summed E-state index contributed by atoms with van der Waals surface area (Å²) in [6.45, 7) is 8.73. The first-order chi connectivity index (χ1) is 20.5. The van der Waals surface area contributed by atoms with Crippen LogP contribution in [-0.4, -0.2) is 15.0 Å². The number of ether oxygens (including phenoxy) is 1. The molecule has 0 fully saturated rings. The molecule has 0 spiro atoms. The van der Waals surface area contributed by atoms with Crippen molar-refractivity contribution in [2.75, 3.05) is 4.90 Å². The van der Waals surface area contributed by atoms with Crippen molar-refractivity contribution >= 4 is 17.1 Å². The fourth-order valence-electron chi connectivity index (χ4n) is 5.83. The topological polar surface area (TPSA) is 51.1 Å². The highest BCUT2D eigenvalue weighted by molar-refractivity contribution is 5.91. The van der Waals surface area contributed by atoms with Gasteiger partial charge in [0.15, 0.2) is 29.0 Å². The molecule has 5 aromatic carbocycles. The number of anilines is 3. The largest absolute Gasteiger partial charge is 0.453 e. The van der Waals surface area contributed by atoms with E-state index in [1.165, 1.54) is 11.1 Å². The number of aromatic nitrogens is 3. The number of benzene rings is 5. The second-order valence-corrected chi connectivity index (χ2v) is 10.6. The maximum atomic E-state index is 6.30. The number of hydrogen-bond donors (Lipinski definition) is 0. The van der Waals surface area contributed by atoms with Crippen LogP contribution in [0.3, 0.4) is 0 Å². The highest BCUT2D eigenvalue weighted by atomic mass is 16.5. The molecule has 7 rings (SSSR count). The van der Waals surface area contributed by atoms with Gasteiger partial charge in [-0.05, 0) is 74.2 Å². The maximum absolute atomic E-state index is 6.30. The summed E-state index contributed by atoms with van der Waals surface area (Å²) in [5.74, 6) is 3.68. The number of nitrogens with zero attached hydrogens (tertiary/aromatic N) is 4. The third-order valence-corrected chi connectivity index (χ3v) is 8.16. The molecule has 204 valence electrons. The molecule has 1 aromatic heterocycles. The Balaban J connectivity index is 1.46. The zero-order valence-electron chi connectivity index (χ0n) is 24.1. The van der Waals surface area contributed by atoms with Gasteiger partial charge >= 0.3 is 0 Å². The van der Waals surface area contributed by atoms with E-state index in [1.807, 2.05) is 84.9 Å². The summed E-state index contributed by atoms with van der Waals surface area (Å²) >= 11 is 0. The van der Waals surface area contributed by atoms with Gasteiger partial charge < -0.3 is 9.64 Å². The van der Waals surface area contributed by atoms with Crippen LogP contribution in [0.1, 0.15) is 22.3 Å². The van der Waals surface area contributed by atoms with Gasteiger partial charge in [0.2, 0.25) is 0 Å². The van der Waals surface area contributed by atoms with E-state index in [-0.39, 0.29) is 0 Å². The van der Waals surface area contributed by atoms with Crippen molar-refractivity contribution in [2.45, 2.75) is 27.7 Å². The standard InChI is InChI=1S/C37H30N4O/c1-23-25(3)34(41-29-19-11-13-21-31(29)42-32-22-14-12-20-30(32)41)26(4)24(2)33(23)37-39-35(27-15-7-5-8-16-27)38-36(40-37)28-17-9-6-10-18-28/h5-22H,1-4H3. The highest BCUT2D eigenvalue weighted by Crippen LogP contribution is 2.53. The number of rotatable bonds is 4. The van der Waals surface area contributed by atoms with Crippen LogP contribution in [0, 0.1) is 27.7 Å². The summed E-state index contributed by atoms with van der Waals surface area (Å²) in [6.07, 6.45) is 0. The Labute approximate surface area is 246 Å². The third kappa shape index (κ3) is 4.22. The molecule has 0 saturated heterocycles. The quantitative estimate of drug-likeness (QED) is 0.220. The van der Waals surface area contributed by atoms with E-state index >= 15 is 0 Å².